The first-order valence-electron chi connectivity index (χ1n) is 10.7. The fraction of sp³-hybridized carbons (Fsp3) is 0.375. The number of hydrogen-bond acceptors (Lipinski definition) is 5. The molecule has 2 aromatic carbocycles. The van der Waals surface area contributed by atoms with Gasteiger partial charge in [-0.15, -0.1) is 23.1 Å². The van der Waals surface area contributed by atoms with Gasteiger partial charge in [-0.3, -0.25) is 9.59 Å². The van der Waals surface area contributed by atoms with Gasteiger partial charge in [0.2, 0.25) is 11.8 Å². The molecule has 3 aromatic rings. The molecule has 1 aromatic heterocycles. The van der Waals surface area contributed by atoms with Crippen LogP contribution >= 0.6 is 23.1 Å². The highest BCUT2D eigenvalue weighted by Crippen LogP contribution is 2.35. The molecule has 7 heteroatoms. The van der Waals surface area contributed by atoms with Gasteiger partial charge in [0.05, 0.1) is 21.1 Å². The average molecular weight is 452 g/mol. The Bertz CT molecular complexity index is 1070. The van der Waals surface area contributed by atoms with Crippen molar-refractivity contribution in [2.75, 3.05) is 30.8 Å². The molecule has 1 atom stereocenters. The van der Waals surface area contributed by atoms with E-state index in [1.165, 1.54) is 14.6 Å². The van der Waals surface area contributed by atoms with Crippen molar-refractivity contribution >= 4 is 50.8 Å². The number of carbonyl (C=O) groups excluding carboxylic acids is 2. The fourth-order valence-corrected chi connectivity index (χ4v) is 6.10. The number of fused-ring (bicyclic) bond motifs is 1. The van der Waals surface area contributed by atoms with Crippen molar-refractivity contribution in [1.29, 1.82) is 0 Å². The minimum Gasteiger partial charge on any atom is -0.342 e. The van der Waals surface area contributed by atoms with E-state index in [-0.39, 0.29) is 17.7 Å². The highest BCUT2D eigenvalue weighted by molar-refractivity contribution is 7.98. The number of carbonyl (C=O) groups is 2. The van der Waals surface area contributed by atoms with Crippen molar-refractivity contribution in [2.24, 2.45) is 5.92 Å². The van der Waals surface area contributed by atoms with E-state index in [9.17, 15) is 9.59 Å². The number of hydrogen-bond donors (Lipinski definition) is 0. The molecule has 0 spiro atoms. The molecular formula is C24H25N3O2S2. The molecule has 31 heavy (non-hydrogen) atoms. The Labute approximate surface area is 190 Å². The number of benzene rings is 2. The highest BCUT2D eigenvalue weighted by Gasteiger charge is 2.38. The van der Waals surface area contributed by atoms with Crippen LogP contribution in [0.25, 0.3) is 10.2 Å². The number of thioether (sulfide) groups is 1. The monoisotopic (exact) mass is 451 g/mol. The summed E-state index contributed by atoms with van der Waals surface area (Å²) in [5, 5.41) is 1.18. The summed E-state index contributed by atoms with van der Waals surface area (Å²) in [4.78, 5) is 35.4. The van der Waals surface area contributed by atoms with Crippen LogP contribution in [-0.2, 0) is 9.59 Å². The normalized spacial score (nSPS) is 20.0. The molecule has 0 N–H and O–H groups in total. The minimum absolute atomic E-state index is 0.0413. The fourth-order valence-electron chi connectivity index (χ4n) is 4.55. The lowest BCUT2D eigenvalue weighted by molar-refractivity contribution is -0.136. The highest BCUT2D eigenvalue weighted by atomic mass is 32.2. The van der Waals surface area contributed by atoms with Crippen molar-refractivity contribution in [3.8, 4) is 0 Å². The Balaban J connectivity index is 1.20. The molecule has 2 saturated heterocycles. The van der Waals surface area contributed by atoms with Gasteiger partial charge in [-0.1, -0.05) is 12.1 Å². The second-order valence-electron chi connectivity index (χ2n) is 8.22. The quantitative estimate of drug-likeness (QED) is 0.536. The molecule has 2 aliphatic heterocycles. The van der Waals surface area contributed by atoms with Gasteiger partial charge in [0.15, 0.2) is 0 Å². The van der Waals surface area contributed by atoms with E-state index < -0.39 is 0 Å². The Kier molecular flexibility index (Phi) is 5.71. The van der Waals surface area contributed by atoms with Gasteiger partial charge < -0.3 is 9.80 Å². The standard InChI is InChI=1S/C24H25N3O2S2/c1-30-19-8-6-18(7-9-19)27-15-17(14-22(27)28)24(29)26-12-10-16(11-13-26)23-25-20-4-2-3-5-21(20)31-23/h2-9,16-17H,10-15H2,1H3. The van der Waals surface area contributed by atoms with E-state index in [4.69, 9.17) is 4.98 Å². The molecule has 1 unspecified atom stereocenters. The van der Waals surface area contributed by atoms with Gasteiger partial charge >= 0.3 is 0 Å². The number of thiazole rings is 1. The number of rotatable bonds is 4. The molecular weight excluding hydrogens is 426 g/mol. The van der Waals surface area contributed by atoms with Crippen molar-refractivity contribution in [2.45, 2.75) is 30.1 Å². The van der Waals surface area contributed by atoms with Gasteiger partial charge in [-0.05, 0) is 55.5 Å². The maximum atomic E-state index is 13.1. The zero-order valence-corrected chi connectivity index (χ0v) is 19.1. The summed E-state index contributed by atoms with van der Waals surface area (Å²) in [7, 11) is 0. The molecule has 0 saturated carbocycles. The number of para-hydroxylation sites is 1. The SMILES string of the molecule is CSc1ccc(N2CC(C(=O)N3CCC(c4nc5ccccc5s4)CC3)CC2=O)cc1. The van der Waals surface area contributed by atoms with E-state index >= 15 is 0 Å². The number of amides is 2. The lowest BCUT2D eigenvalue weighted by Crippen LogP contribution is -2.42. The molecule has 5 rings (SSSR count). The Morgan fingerprint density at radius 3 is 2.55 bits per heavy atom. The number of aromatic nitrogens is 1. The topological polar surface area (TPSA) is 53.5 Å². The summed E-state index contributed by atoms with van der Waals surface area (Å²) in [6.07, 6.45) is 4.21. The first-order valence-corrected chi connectivity index (χ1v) is 12.7. The van der Waals surface area contributed by atoms with Crippen molar-refractivity contribution in [1.82, 2.24) is 9.88 Å². The van der Waals surface area contributed by atoms with Crippen LogP contribution in [0.15, 0.2) is 53.4 Å². The summed E-state index contributed by atoms with van der Waals surface area (Å²) >= 11 is 3.45. The molecule has 2 fully saturated rings. The van der Waals surface area contributed by atoms with Crippen LogP contribution in [0, 0.1) is 5.92 Å². The smallest absolute Gasteiger partial charge is 0.228 e. The second kappa shape index (κ2) is 8.63. The lowest BCUT2D eigenvalue weighted by atomic mass is 9.96. The van der Waals surface area contributed by atoms with Crippen molar-refractivity contribution in [3.63, 3.8) is 0 Å². The zero-order valence-electron chi connectivity index (χ0n) is 17.5. The largest absolute Gasteiger partial charge is 0.342 e. The van der Waals surface area contributed by atoms with E-state index in [0.717, 1.165) is 37.1 Å². The summed E-state index contributed by atoms with van der Waals surface area (Å²) in [6.45, 7) is 1.97. The summed E-state index contributed by atoms with van der Waals surface area (Å²) < 4.78 is 1.23. The third-order valence-electron chi connectivity index (χ3n) is 6.32. The molecule has 5 nitrogen and oxygen atoms in total. The van der Waals surface area contributed by atoms with E-state index in [2.05, 4.69) is 18.2 Å². The molecule has 2 aliphatic rings. The first-order chi connectivity index (χ1) is 15.1. The zero-order chi connectivity index (χ0) is 21.4. The Hall–Kier alpha value is -2.38. The van der Waals surface area contributed by atoms with Gasteiger partial charge in [0, 0.05) is 42.6 Å². The number of likely N-dealkylation sites (tertiary alicyclic amines) is 1. The van der Waals surface area contributed by atoms with Crippen LogP contribution in [0.2, 0.25) is 0 Å². The predicted octanol–water partition coefficient (Wildman–Crippen LogP) is 4.78. The minimum atomic E-state index is -0.244. The molecule has 2 amide bonds. The van der Waals surface area contributed by atoms with Crippen LogP contribution in [0.1, 0.15) is 30.2 Å². The maximum absolute atomic E-state index is 13.1. The van der Waals surface area contributed by atoms with Crippen LogP contribution in [0.4, 0.5) is 5.69 Å². The van der Waals surface area contributed by atoms with Crippen LogP contribution in [0.3, 0.4) is 0 Å². The van der Waals surface area contributed by atoms with Crippen LogP contribution in [-0.4, -0.2) is 47.6 Å². The van der Waals surface area contributed by atoms with Gasteiger partial charge in [0.25, 0.3) is 0 Å². The summed E-state index contributed by atoms with van der Waals surface area (Å²) in [5.74, 6) is 0.337. The van der Waals surface area contributed by atoms with E-state index in [1.54, 1.807) is 28.0 Å². The number of piperidine rings is 1. The number of nitrogens with zero attached hydrogens (tertiary/aromatic N) is 3. The lowest BCUT2D eigenvalue weighted by Gasteiger charge is -2.32. The van der Waals surface area contributed by atoms with Gasteiger partial charge in [-0.2, -0.15) is 0 Å². The third kappa shape index (κ3) is 4.08. The van der Waals surface area contributed by atoms with E-state index in [0.29, 0.717) is 18.9 Å². The molecule has 0 bridgehead atoms. The maximum Gasteiger partial charge on any atom is 0.228 e. The first kappa shape index (κ1) is 20.5. The predicted molar refractivity (Wildman–Crippen MR) is 127 cm³/mol. The summed E-state index contributed by atoms with van der Waals surface area (Å²) in [5.41, 5.74) is 1.95. The average Bonchev–Trinajstić information content (AvgIpc) is 3.42. The van der Waals surface area contributed by atoms with Gasteiger partial charge in [-0.25, -0.2) is 4.98 Å². The van der Waals surface area contributed by atoms with Crippen LogP contribution in [0.5, 0.6) is 0 Å². The van der Waals surface area contributed by atoms with E-state index in [1.807, 2.05) is 41.5 Å². The van der Waals surface area contributed by atoms with Gasteiger partial charge in [0.1, 0.15) is 0 Å². The molecule has 0 aliphatic carbocycles. The second-order valence-corrected chi connectivity index (χ2v) is 10.2. The third-order valence-corrected chi connectivity index (χ3v) is 8.27. The molecule has 3 heterocycles. The Morgan fingerprint density at radius 1 is 1.10 bits per heavy atom. The Morgan fingerprint density at radius 2 is 1.84 bits per heavy atom. The molecule has 160 valence electrons. The van der Waals surface area contributed by atoms with Crippen molar-refractivity contribution < 1.29 is 9.59 Å². The summed E-state index contributed by atoms with van der Waals surface area (Å²) in [6, 6.07) is 16.2. The van der Waals surface area contributed by atoms with Crippen LogP contribution < -0.4 is 4.90 Å². The molecule has 0 radical (unpaired) electrons. The van der Waals surface area contributed by atoms with Crippen molar-refractivity contribution in [3.05, 3.63) is 53.5 Å². The number of anilines is 1.